The molecule has 3 atom stereocenters. The molecule has 28 heavy (non-hydrogen) atoms. The number of carboxylic acids is 1. The Bertz CT molecular complexity index is 756. The molecule has 1 aromatic carbocycles. The number of rotatable bonds is 6. The molecular weight excluding hydrogens is 350 g/mol. The molecule has 2 N–H and O–H groups in total. The average molecular weight is 386 g/mol. The maximum atomic E-state index is 12.1. The van der Waals surface area contributed by atoms with E-state index in [-0.39, 0.29) is 29.6 Å². The van der Waals surface area contributed by atoms with E-state index in [1.807, 2.05) is 0 Å². The van der Waals surface area contributed by atoms with Crippen LogP contribution in [0.5, 0.6) is 0 Å². The van der Waals surface area contributed by atoms with Crippen LogP contribution in [0.4, 0.5) is 0 Å². The number of fused-ring (bicyclic) bond motifs is 3. The van der Waals surface area contributed by atoms with Crippen LogP contribution in [0.15, 0.2) is 18.2 Å². The van der Waals surface area contributed by atoms with Crippen molar-refractivity contribution in [3.63, 3.8) is 0 Å². The van der Waals surface area contributed by atoms with Gasteiger partial charge >= 0.3 is 5.97 Å². The maximum absolute atomic E-state index is 12.1. The van der Waals surface area contributed by atoms with Crippen molar-refractivity contribution in [2.75, 3.05) is 6.54 Å². The van der Waals surface area contributed by atoms with E-state index in [0.717, 1.165) is 19.3 Å². The number of hydrogen-bond donors (Lipinski definition) is 2. The number of aliphatic carboxylic acids is 1. The third-order valence-electron chi connectivity index (χ3n) is 7.42. The second kappa shape index (κ2) is 7.88. The number of carbonyl (C=O) groups is 2. The van der Waals surface area contributed by atoms with Crippen molar-refractivity contribution in [1.29, 1.82) is 0 Å². The van der Waals surface area contributed by atoms with E-state index < -0.39 is 5.97 Å². The van der Waals surface area contributed by atoms with Crippen molar-refractivity contribution in [2.24, 2.45) is 11.3 Å². The summed E-state index contributed by atoms with van der Waals surface area (Å²) in [6.45, 7) is 9.89. The van der Waals surface area contributed by atoms with Gasteiger partial charge < -0.3 is 10.4 Å². The van der Waals surface area contributed by atoms with Gasteiger partial charge in [-0.2, -0.15) is 0 Å². The molecule has 4 nitrogen and oxygen atoms in total. The van der Waals surface area contributed by atoms with Gasteiger partial charge in [0, 0.05) is 13.0 Å². The zero-order valence-electron chi connectivity index (χ0n) is 17.8. The molecule has 4 heteroatoms. The van der Waals surface area contributed by atoms with E-state index >= 15 is 0 Å². The molecule has 0 aromatic heterocycles. The summed E-state index contributed by atoms with van der Waals surface area (Å²) in [5, 5.41) is 11.8. The highest BCUT2D eigenvalue weighted by Crippen LogP contribution is 2.57. The van der Waals surface area contributed by atoms with Crippen LogP contribution in [0.2, 0.25) is 0 Å². The molecule has 1 saturated carbocycles. The normalized spacial score (nSPS) is 29.1. The molecule has 0 saturated heterocycles. The minimum atomic E-state index is -0.920. The van der Waals surface area contributed by atoms with Crippen LogP contribution in [0.25, 0.3) is 0 Å². The van der Waals surface area contributed by atoms with Gasteiger partial charge in [-0.25, -0.2) is 0 Å². The zero-order valence-corrected chi connectivity index (χ0v) is 17.8. The van der Waals surface area contributed by atoms with Crippen molar-refractivity contribution < 1.29 is 14.7 Å². The van der Waals surface area contributed by atoms with Crippen LogP contribution in [-0.4, -0.2) is 23.5 Å². The molecule has 3 unspecified atom stereocenters. The number of aryl methyl sites for hydroxylation is 1. The molecule has 154 valence electrons. The van der Waals surface area contributed by atoms with E-state index in [4.69, 9.17) is 5.11 Å². The highest BCUT2D eigenvalue weighted by molar-refractivity contribution is 5.80. The first-order chi connectivity index (χ1) is 13.2. The first-order valence-corrected chi connectivity index (χ1v) is 10.8. The molecule has 0 spiro atoms. The molecule has 2 aliphatic rings. The monoisotopic (exact) mass is 385 g/mol. The van der Waals surface area contributed by atoms with Gasteiger partial charge in [-0.15, -0.1) is 0 Å². The van der Waals surface area contributed by atoms with Gasteiger partial charge in [-0.1, -0.05) is 52.3 Å². The Hall–Kier alpha value is -1.84. The lowest BCUT2D eigenvalue weighted by molar-refractivity contribution is -0.139. The van der Waals surface area contributed by atoms with Gasteiger partial charge in [-0.3, -0.25) is 9.59 Å². The Balaban J connectivity index is 1.79. The van der Waals surface area contributed by atoms with Gasteiger partial charge in [-0.05, 0) is 65.0 Å². The molecule has 0 bridgehead atoms. The predicted octanol–water partition coefficient (Wildman–Crippen LogP) is 4.80. The van der Waals surface area contributed by atoms with Gasteiger partial charge in [0.2, 0.25) is 5.91 Å². The Morgan fingerprint density at radius 3 is 2.64 bits per heavy atom. The van der Waals surface area contributed by atoms with E-state index in [1.165, 1.54) is 29.5 Å². The Morgan fingerprint density at radius 2 is 1.96 bits per heavy atom. The fourth-order valence-electron chi connectivity index (χ4n) is 5.82. The average Bonchev–Trinajstić information content (AvgIpc) is 2.64. The van der Waals surface area contributed by atoms with Crippen molar-refractivity contribution in [3.05, 3.63) is 34.9 Å². The number of nitrogens with one attached hydrogen (secondary N) is 1. The Labute approximate surface area is 169 Å². The Morgan fingerprint density at radius 1 is 1.21 bits per heavy atom. The van der Waals surface area contributed by atoms with Crippen LogP contribution in [-0.2, 0) is 21.4 Å². The summed E-state index contributed by atoms with van der Waals surface area (Å²) in [6.07, 6.45) is 5.72. The summed E-state index contributed by atoms with van der Waals surface area (Å²) < 4.78 is 0. The molecule has 0 radical (unpaired) electrons. The topological polar surface area (TPSA) is 66.4 Å². The van der Waals surface area contributed by atoms with E-state index in [2.05, 4.69) is 51.2 Å². The smallest absolute Gasteiger partial charge is 0.303 e. The largest absolute Gasteiger partial charge is 0.481 e. The molecular formula is C24H35NO3. The van der Waals surface area contributed by atoms with Gasteiger partial charge in [0.1, 0.15) is 0 Å². The summed E-state index contributed by atoms with van der Waals surface area (Å²) in [5.74, 6) is 0.0179. The van der Waals surface area contributed by atoms with Crippen molar-refractivity contribution in [2.45, 2.75) is 84.0 Å². The molecule has 1 fully saturated rings. The second-order valence-corrected chi connectivity index (χ2v) is 9.76. The van der Waals surface area contributed by atoms with Gasteiger partial charge in [0.25, 0.3) is 0 Å². The van der Waals surface area contributed by atoms with Crippen LogP contribution < -0.4 is 5.32 Å². The number of carboxylic acid groups (broad SMARTS) is 1. The SMILES string of the molecule is CC(C)c1ccc2c(c1)CCC1C(C)(CNC(=O)CCC(=O)O)CCCC21C. The molecule has 0 aliphatic heterocycles. The lowest BCUT2D eigenvalue weighted by Gasteiger charge is -2.55. The minimum Gasteiger partial charge on any atom is -0.481 e. The molecule has 1 aromatic rings. The van der Waals surface area contributed by atoms with Crippen molar-refractivity contribution in [3.8, 4) is 0 Å². The summed E-state index contributed by atoms with van der Waals surface area (Å²) >= 11 is 0. The van der Waals surface area contributed by atoms with Gasteiger partial charge in [0.05, 0.1) is 6.42 Å². The molecule has 3 rings (SSSR count). The van der Waals surface area contributed by atoms with E-state index in [9.17, 15) is 9.59 Å². The minimum absolute atomic E-state index is 0.0558. The molecule has 1 amide bonds. The van der Waals surface area contributed by atoms with Crippen LogP contribution in [0, 0.1) is 11.3 Å². The summed E-state index contributed by atoms with van der Waals surface area (Å²) in [4.78, 5) is 22.8. The van der Waals surface area contributed by atoms with Gasteiger partial charge in [0.15, 0.2) is 0 Å². The summed E-state index contributed by atoms with van der Waals surface area (Å²) in [6, 6.07) is 7.09. The lowest BCUT2D eigenvalue weighted by atomic mass is 9.49. The highest BCUT2D eigenvalue weighted by atomic mass is 16.4. The third-order valence-corrected chi connectivity index (χ3v) is 7.42. The number of amides is 1. The number of benzene rings is 1. The highest BCUT2D eigenvalue weighted by Gasteiger charge is 2.51. The zero-order chi connectivity index (χ0) is 20.5. The first-order valence-electron chi connectivity index (χ1n) is 10.8. The lowest BCUT2D eigenvalue weighted by Crippen LogP contribution is -2.53. The quantitative estimate of drug-likeness (QED) is 0.739. The Kier molecular flexibility index (Phi) is 5.88. The predicted molar refractivity (Wildman–Crippen MR) is 112 cm³/mol. The fraction of sp³-hybridized carbons (Fsp3) is 0.667. The third kappa shape index (κ3) is 3.97. The van der Waals surface area contributed by atoms with E-state index in [1.54, 1.807) is 0 Å². The van der Waals surface area contributed by atoms with Crippen molar-refractivity contribution >= 4 is 11.9 Å². The molecule has 2 aliphatic carbocycles. The second-order valence-electron chi connectivity index (χ2n) is 9.76. The number of carbonyl (C=O) groups excluding carboxylic acids is 1. The van der Waals surface area contributed by atoms with E-state index in [0.29, 0.717) is 18.4 Å². The van der Waals surface area contributed by atoms with Crippen LogP contribution >= 0.6 is 0 Å². The number of hydrogen-bond acceptors (Lipinski definition) is 2. The molecule has 0 heterocycles. The summed E-state index contributed by atoms with van der Waals surface area (Å²) in [5.41, 5.74) is 4.66. The summed E-state index contributed by atoms with van der Waals surface area (Å²) in [7, 11) is 0. The standard InChI is InChI=1S/C24H35NO3/c1-16(2)17-6-8-19-18(14-17)7-9-20-23(3,12-5-13-24(19,20)4)15-25-21(26)10-11-22(27)28/h6,8,14,16,20H,5,7,9-13,15H2,1-4H3,(H,25,26)(H,27,28). The van der Waals surface area contributed by atoms with Crippen LogP contribution in [0.1, 0.15) is 88.8 Å². The van der Waals surface area contributed by atoms with Crippen LogP contribution in [0.3, 0.4) is 0 Å². The fourth-order valence-corrected chi connectivity index (χ4v) is 5.82. The first kappa shape index (κ1) is 20.9. The van der Waals surface area contributed by atoms with Crippen molar-refractivity contribution in [1.82, 2.24) is 5.32 Å². The maximum Gasteiger partial charge on any atom is 0.303 e.